The van der Waals surface area contributed by atoms with E-state index in [2.05, 4.69) is 6.92 Å². The fraction of sp³-hybridized carbons (Fsp3) is 0.938. The second kappa shape index (κ2) is 41.7. The Balaban J connectivity index is 1.45. The number of hydrogen-bond acceptors (Lipinski definition) is 22. The molecule has 87 heavy (non-hydrogen) atoms. The summed E-state index contributed by atoms with van der Waals surface area (Å²) in [7, 11) is 1.33. The van der Waals surface area contributed by atoms with Gasteiger partial charge in [-0.05, 0) is 80.6 Å². The third kappa shape index (κ3) is 28.0. The largest absolute Gasteiger partial charge is 0.463 e. The summed E-state index contributed by atoms with van der Waals surface area (Å²) in [5, 5.41) is 74.6. The molecule has 0 radical (unpaired) electrons. The molecule has 16 unspecified atom stereocenters. The number of carbonyl (C=O) groups is 4. The lowest BCUT2D eigenvalue weighted by Crippen LogP contribution is -2.64. The van der Waals surface area contributed by atoms with Crippen LogP contribution >= 0.6 is 0 Å². The standard InChI is InChI=1S/C64H117NO22/c1-11-13-14-15-16-17-18-19-20-21-22-23-24-25-26-27-32-80-44(3)35-78-41-50-57(53(71)52(70)46(5)85-50)87-58-55(73)54(72)56(77-10)49(86-58)40-79-36-45(4)82-38-48(68)39-83-59(74)62(6,7)42-64(9,61(76)84-37-47(67)34-66)43-63(8,12-2)60(75)81-33-31-65-30-28-29-51(65)69/h44-50,52-58,66-68,70-73H,11-43H2,1-10H3. The monoisotopic (exact) mass is 1250 g/mol. The zero-order valence-electron chi connectivity index (χ0n) is 54.6. The summed E-state index contributed by atoms with van der Waals surface area (Å²) in [6.07, 6.45) is 5.75. The minimum absolute atomic E-state index is 0.0143. The van der Waals surface area contributed by atoms with E-state index in [1.807, 2.05) is 6.92 Å². The summed E-state index contributed by atoms with van der Waals surface area (Å²) in [6.45, 7) is 14.9. The van der Waals surface area contributed by atoms with Crippen molar-refractivity contribution in [2.75, 3.05) is 86.3 Å². The van der Waals surface area contributed by atoms with E-state index in [0.717, 1.165) is 19.3 Å². The average Bonchev–Trinajstić information content (AvgIpc) is 2.42. The molecule has 0 spiro atoms. The highest BCUT2D eigenvalue weighted by atomic mass is 16.7. The molecule has 0 saturated carbocycles. The highest BCUT2D eigenvalue weighted by Gasteiger charge is 2.52. The van der Waals surface area contributed by atoms with Crippen LogP contribution in [-0.4, -0.2) is 236 Å². The molecular weight excluding hydrogens is 1130 g/mol. The molecule has 0 aromatic carbocycles. The van der Waals surface area contributed by atoms with E-state index >= 15 is 0 Å². The van der Waals surface area contributed by atoms with E-state index in [9.17, 15) is 54.9 Å². The molecule has 3 saturated heterocycles. The number of carbonyl (C=O) groups excluding carboxylic acids is 4. The van der Waals surface area contributed by atoms with E-state index in [-0.39, 0.29) is 77.5 Å². The number of nitrogens with zero attached hydrogens (tertiary/aromatic N) is 1. The van der Waals surface area contributed by atoms with Gasteiger partial charge in [0, 0.05) is 26.7 Å². The Hall–Kier alpha value is -2.72. The maximum absolute atomic E-state index is 13.8. The first-order chi connectivity index (χ1) is 41.4. The Kier molecular flexibility index (Phi) is 37.6. The van der Waals surface area contributed by atoms with Gasteiger partial charge in [-0.15, -0.1) is 0 Å². The first kappa shape index (κ1) is 78.5. The number of hydrogen-bond donors (Lipinski definition) is 7. The van der Waals surface area contributed by atoms with Gasteiger partial charge in [-0.25, -0.2) is 0 Å². The van der Waals surface area contributed by atoms with Crippen LogP contribution < -0.4 is 0 Å². The average molecular weight is 1250 g/mol. The molecule has 3 rings (SSSR count). The van der Waals surface area contributed by atoms with Crippen LogP contribution in [0.5, 0.6) is 0 Å². The molecule has 23 nitrogen and oxygen atoms in total. The van der Waals surface area contributed by atoms with Crippen molar-refractivity contribution >= 4 is 23.8 Å². The summed E-state index contributed by atoms with van der Waals surface area (Å²) < 4.78 is 64.1. The molecule has 3 heterocycles. The molecule has 0 aliphatic carbocycles. The SMILES string of the molecule is CCCCCCCCCCCCCCCCCCOC(C)COCC1OC(C)C(O)C(O)C1OC1OC(COCC(C)OCC(O)COC(=O)C(C)(C)CC(C)(CC(C)(CC)C(=O)OCCN2CCCC2=O)C(=O)OCC(O)CO)C(OC)C(O)C1O. The lowest BCUT2D eigenvalue weighted by Gasteiger charge is -2.46. The van der Waals surface area contributed by atoms with Crippen molar-refractivity contribution < 1.29 is 107 Å². The van der Waals surface area contributed by atoms with Crippen molar-refractivity contribution in [1.29, 1.82) is 0 Å². The van der Waals surface area contributed by atoms with Crippen molar-refractivity contribution in [3.05, 3.63) is 0 Å². The summed E-state index contributed by atoms with van der Waals surface area (Å²) in [5.74, 6) is -2.22. The molecule has 16 atom stereocenters. The van der Waals surface area contributed by atoms with Gasteiger partial charge in [-0.2, -0.15) is 0 Å². The van der Waals surface area contributed by atoms with Crippen molar-refractivity contribution in [3.8, 4) is 0 Å². The molecule has 0 aromatic heterocycles. The van der Waals surface area contributed by atoms with Crippen molar-refractivity contribution in [2.45, 2.75) is 283 Å². The number of rotatable bonds is 48. The summed E-state index contributed by atoms with van der Waals surface area (Å²) >= 11 is 0. The maximum Gasteiger partial charge on any atom is 0.311 e. The van der Waals surface area contributed by atoms with Gasteiger partial charge >= 0.3 is 17.9 Å². The fourth-order valence-corrected chi connectivity index (χ4v) is 11.7. The number of aliphatic hydroxyl groups excluding tert-OH is 7. The number of methoxy groups -OCH3 is 1. The predicted molar refractivity (Wildman–Crippen MR) is 322 cm³/mol. The van der Waals surface area contributed by atoms with Crippen LogP contribution in [0.15, 0.2) is 0 Å². The molecular formula is C64H117NO22. The highest BCUT2D eigenvalue weighted by Crippen LogP contribution is 2.46. The maximum atomic E-state index is 13.8. The van der Waals surface area contributed by atoms with Gasteiger partial charge in [0.15, 0.2) is 6.29 Å². The van der Waals surface area contributed by atoms with E-state index in [1.165, 1.54) is 104 Å². The van der Waals surface area contributed by atoms with E-state index in [0.29, 0.717) is 19.6 Å². The Bertz CT molecular complexity index is 1900. The molecule has 0 aromatic rings. The lowest BCUT2D eigenvalue weighted by molar-refractivity contribution is -0.344. The van der Waals surface area contributed by atoms with Gasteiger partial charge in [0.25, 0.3) is 0 Å². The van der Waals surface area contributed by atoms with Crippen LogP contribution in [0.1, 0.15) is 197 Å². The fourth-order valence-electron chi connectivity index (χ4n) is 11.7. The van der Waals surface area contributed by atoms with Crippen LogP contribution in [0.25, 0.3) is 0 Å². The van der Waals surface area contributed by atoms with Crippen LogP contribution in [0, 0.1) is 16.2 Å². The molecule has 7 N–H and O–H groups in total. The molecule has 23 heteroatoms. The first-order valence-corrected chi connectivity index (χ1v) is 32.7. The normalized spacial score (nSPS) is 26.4. The topological polar surface area (TPSA) is 315 Å². The van der Waals surface area contributed by atoms with Crippen molar-refractivity contribution in [3.63, 3.8) is 0 Å². The summed E-state index contributed by atoms with van der Waals surface area (Å²) in [4.78, 5) is 54.8. The smallest absolute Gasteiger partial charge is 0.311 e. The molecule has 1 amide bonds. The Labute approximate surface area is 519 Å². The van der Waals surface area contributed by atoms with Gasteiger partial charge in [-0.3, -0.25) is 19.2 Å². The van der Waals surface area contributed by atoms with E-state index < -0.39 is 134 Å². The third-order valence-electron chi connectivity index (χ3n) is 17.1. The summed E-state index contributed by atoms with van der Waals surface area (Å²) in [6, 6.07) is 0. The zero-order valence-corrected chi connectivity index (χ0v) is 54.6. The molecule has 510 valence electrons. The molecule has 3 fully saturated rings. The van der Waals surface area contributed by atoms with Crippen LogP contribution in [0.4, 0.5) is 0 Å². The molecule has 3 aliphatic rings. The zero-order chi connectivity index (χ0) is 64.6. The van der Waals surface area contributed by atoms with Gasteiger partial charge in [0.2, 0.25) is 5.91 Å². The van der Waals surface area contributed by atoms with Gasteiger partial charge < -0.3 is 92.8 Å². The van der Waals surface area contributed by atoms with Crippen LogP contribution in [0.3, 0.4) is 0 Å². The van der Waals surface area contributed by atoms with E-state index in [1.54, 1.807) is 46.4 Å². The van der Waals surface area contributed by atoms with Crippen molar-refractivity contribution in [1.82, 2.24) is 4.90 Å². The number of unbranched alkanes of at least 4 members (excludes halogenated alkanes) is 15. The Morgan fingerprint density at radius 2 is 1.13 bits per heavy atom. The minimum Gasteiger partial charge on any atom is -0.463 e. The Morgan fingerprint density at radius 3 is 1.67 bits per heavy atom. The van der Waals surface area contributed by atoms with Crippen LogP contribution in [-0.2, 0) is 71.3 Å². The molecule has 3 aliphatic heterocycles. The second-order valence-electron chi connectivity index (χ2n) is 25.9. The highest BCUT2D eigenvalue weighted by molar-refractivity contribution is 5.83. The quantitative estimate of drug-likeness (QED) is 0.0220. The second-order valence-corrected chi connectivity index (χ2v) is 25.9. The van der Waals surface area contributed by atoms with Crippen molar-refractivity contribution in [2.24, 2.45) is 16.2 Å². The number of likely N-dealkylation sites (tertiary alicyclic amines) is 1. The minimum atomic E-state index is -1.64. The Morgan fingerprint density at radius 1 is 0.609 bits per heavy atom. The number of esters is 3. The summed E-state index contributed by atoms with van der Waals surface area (Å²) in [5.41, 5.74) is -4.18. The predicted octanol–water partition coefficient (Wildman–Crippen LogP) is 5.64. The van der Waals surface area contributed by atoms with Gasteiger partial charge in [0.1, 0.15) is 80.9 Å². The van der Waals surface area contributed by atoms with Gasteiger partial charge in [0.05, 0.1) is 80.7 Å². The lowest BCUT2D eigenvalue weighted by atomic mass is 9.65. The van der Waals surface area contributed by atoms with Gasteiger partial charge in [-0.1, -0.05) is 110 Å². The first-order valence-electron chi connectivity index (χ1n) is 32.7. The number of aliphatic hydroxyl groups is 7. The van der Waals surface area contributed by atoms with E-state index in [4.69, 9.17) is 52.1 Å². The number of amides is 1. The number of ether oxygens (including phenoxy) is 11. The van der Waals surface area contributed by atoms with Crippen LogP contribution in [0.2, 0.25) is 0 Å². The molecule has 0 bridgehead atoms. The third-order valence-corrected chi connectivity index (χ3v) is 17.1.